The van der Waals surface area contributed by atoms with Crippen LogP contribution in [-0.2, 0) is 13.0 Å². The molecule has 0 saturated carbocycles. The minimum atomic E-state index is 0.684. The van der Waals surface area contributed by atoms with Gasteiger partial charge in [-0.05, 0) is 36.2 Å². The molecule has 1 aliphatic rings. The topological polar surface area (TPSA) is 63.0 Å². The molecular formula is C29H29N7. The van der Waals surface area contributed by atoms with E-state index in [2.05, 4.69) is 63.3 Å². The molecule has 1 saturated heterocycles. The van der Waals surface area contributed by atoms with E-state index in [-0.39, 0.29) is 0 Å². The highest BCUT2D eigenvalue weighted by Crippen LogP contribution is 2.27. The predicted octanol–water partition coefficient (Wildman–Crippen LogP) is 4.51. The Morgan fingerprint density at radius 1 is 0.750 bits per heavy atom. The van der Waals surface area contributed by atoms with E-state index in [0.717, 1.165) is 73.2 Å². The number of nitrogens with zero attached hydrogens (tertiary/aromatic N) is 7. The molecule has 0 atom stereocenters. The van der Waals surface area contributed by atoms with Crippen LogP contribution in [0.5, 0.6) is 0 Å². The fourth-order valence-corrected chi connectivity index (χ4v) is 4.86. The van der Waals surface area contributed by atoms with Gasteiger partial charge in [0.15, 0.2) is 5.65 Å². The molecule has 36 heavy (non-hydrogen) atoms. The van der Waals surface area contributed by atoms with Crippen molar-refractivity contribution in [1.82, 2.24) is 29.6 Å². The van der Waals surface area contributed by atoms with Crippen LogP contribution in [0.2, 0.25) is 0 Å². The first kappa shape index (κ1) is 22.4. The van der Waals surface area contributed by atoms with Gasteiger partial charge in [0.25, 0.3) is 0 Å². The van der Waals surface area contributed by atoms with Crippen molar-refractivity contribution in [2.45, 2.75) is 19.4 Å². The Morgan fingerprint density at radius 3 is 2.36 bits per heavy atom. The van der Waals surface area contributed by atoms with Crippen molar-refractivity contribution in [1.29, 1.82) is 0 Å². The van der Waals surface area contributed by atoms with E-state index in [1.165, 1.54) is 5.56 Å². The lowest BCUT2D eigenvalue weighted by Crippen LogP contribution is -2.31. The molecule has 0 radical (unpaired) electrons. The normalized spacial score (nSPS) is 14.7. The smallest absolute Gasteiger partial charge is 0.168 e. The van der Waals surface area contributed by atoms with Gasteiger partial charge < -0.3 is 4.90 Å². The van der Waals surface area contributed by atoms with E-state index >= 15 is 0 Å². The predicted molar refractivity (Wildman–Crippen MR) is 142 cm³/mol. The van der Waals surface area contributed by atoms with Crippen molar-refractivity contribution in [3.8, 4) is 5.69 Å². The average molecular weight is 476 g/mol. The van der Waals surface area contributed by atoms with Crippen LogP contribution >= 0.6 is 0 Å². The fraction of sp³-hybridized carbons (Fsp3) is 0.241. The van der Waals surface area contributed by atoms with E-state index in [1.807, 2.05) is 47.4 Å². The van der Waals surface area contributed by atoms with Crippen LogP contribution in [0.15, 0.2) is 91.3 Å². The third kappa shape index (κ3) is 4.83. The first-order valence-corrected chi connectivity index (χ1v) is 12.5. The second kappa shape index (κ2) is 10.3. The largest absolute Gasteiger partial charge is 0.355 e. The number of pyridine rings is 1. The van der Waals surface area contributed by atoms with Crippen LogP contribution in [0, 0.1) is 0 Å². The lowest BCUT2D eigenvalue weighted by atomic mass is 10.1. The molecule has 6 rings (SSSR count). The molecule has 7 nitrogen and oxygen atoms in total. The standard InChI is InChI=1S/C29H29N7/c1-3-10-23(11-4-1)20-27-32-28(26-21-31-36(29(26)33-27)25-13-5-2-6-14-25)35-17-9-16-34(18-19-35)22-24-12-7-8-15-30-24/h1-8,10-15,21H,9,16-20,22H2. The second-order valence-electron chi connectivity index (χ2n) is 9.19. The molecule has 5 aromatic rings. The van der Waals surface area contributed by atoms with Crippen LogP contribution < -0.4 is 4.90 Å². The molecule has 0 amide bonds. The van der Waals surface area contributed by atoms with Crippen molar-refractivity contribution >= 4 is 16.9 Å². The van der Waals surface area contributed by atoms with Crippen LogP contribution in [0.3, 0.4) is 0 Å². The molecule has 2 aromatic carbocycles. The van der Waals surface area contributed by atoms with E-state index < -0.39 is 0 Å². The molecule has 0 aliphatic carbocycles. The number of anilines is 1. The lowest BCUT2D eigenvalue weighted by Gasteiger charge is -2.23. The summed E-state index contributed by atoms with van der Waals surface area (Å²) in [6.45, 7) is 4.73. The number of benzene rings is 2. The van der Waals surface area contributed by atoms with Crippen molar-refractivity contribution in [2.75, 3.05) is 31.1 Å². The first-order chi connectivity index (χ1) is 17.8. The number of aromatic nitrogens is 5. The van der Waals surface area contributed by atoms with Gasteiger partial charge in [-0.15, -0.1) is 0 Å². The number of hydrogen-bond donors (Lipinski definition) is 0. The SMILES string of the molecule is c1ccc(Cc2nc(N3CCCN(Cc4ccccn4)CC3)c3cnn(-c4ccccc4)c3n2)cc1. The van der Waals surface area contributed by atoms with Gasteiger partial charge in [-0.25, -0.2) is 14.6 Å². The third-order valence-corrected chi connectivity index (χ3v) is 6.66. The molecule has 0 bridgehead atoms. The van der Waals surface area contributed by atoms with Crippen molar-refractivity contribution < 1.29 is 0 Å². The minimum absolute atomic E-state index is 0.684. The van der Waals surface area contributed by atoms with Crippen LogP contribution in [0.1, 0.15) is 23.5 Å². The highest BCUT2D eigenvalue weighted by molar-refractivity contribution is 5.88. The van der Waals surface area contributed by atoms with Crippen LogP contribution in [-0.4, -0.2) is 55.8 Å². The summed E-state index contributed by atoms with van der Waals surface area (Å²) in [7, 11) is 0. The Kier molecular flexibility index (Phi) is 6.37. The summed E-state index contributed by atoms with van der Waals surface area (Å²) in [6, 6.07) is 26.8. The second-order valence-corrected chi connectivity index (χ2v) is 9.19. The van der Waals surface area contributed by atoms with E-state index in [9.17, 15) is 0 Å². The number of rotatable bonds is 6. The summed E-state index contributed by atoms with van der Waals surface area (Å²) in [5, 5.41) is 5.73. The van der Waals surface area contributed by atoms with E-state index in [4.69, 9.17) is 15.1 Å². The van der Waals surface area contributed by atoms with Crippen molar-refractivity contribution in [3.05, 3.63) is 108 Å². The summed E-state index contributed by atoms with van der Waals surface area (Å²) < 4.78 is 1.93. The summed E-state index contributed by atoms with van der Waals surface area (Å²) in [4.78, 5) is 19.5. The van der Waals surface area contributed by atoms with Crippen molar-refractivity contribution in [2.24, 2.45) is 0 Å². The van der Waals surface area contributed by atoms with Gasteiger partial charge in [-0.3, -0.25) is 9.88 Å². The third-order valence-electron chi connectivity index (χ3n) is 6.66. The Labute approximate surface area is 211 Å². The summed E-state index contributed by atoms with van der Waals surface area (Å²) in [6.07, 6.45) is 5.54. The van der Waals surface area contributed by atoms with Gasteiger partial charge in [-0.1, -0.05) is 54.6 Å². The van der Waals surface area contributed by atoms with Gasteiger partial charge in [0.2, 0.25) is 0 Å². The van der Waals surface area contributed by atoms with Gasteiger partial charge in [0.05, 0.1) is 23.0 Å². The molecule has 7 heteroatoms. The zero-order chi connectivity index (χ0) is 24.2. The summed E-state index contributed by atoms with van der Waals surface area (Å²) in [5.41, 5.74) is 4.17. The van der Waals surface area contributed by atoms with E-state index in [0.29, 0.717) is 6.42 Å². The Morgan fingerprint density at radius 2 is 1.56 bits per heavy atom. The average Bonchev–Trinajstić information content (AvgIpc) is 3.22. The quantitative estimate of drug-likeness (QED) is 0.360. The maximum atomic E-state index is 5.11. The van der Waals surface area contributed by atoms with Gasteiger partial charge in [0, 0.05) is 45.3 Å². The maximum Gasteiger partial charge on any atom is 0.168 e. The molecule has 1 fully saturated rings. The molecule has 0 N–H and O–H groups in total. The Bertz CT molecular complexity index is 1420. The Balaban J connectivity index is 1.34. The highest BCUT2D eigenvalue weighted by Gasteiger charge is 2.22. The number of fused-ring (bicyclic) bond motifs is 1. The van der Waals surface area contributed by atoms with Gasteiger partial charge in [0.1, 0.15) is 11.6 Å². The molecule has 0 spiro atoms. The first-order valence-electron chi connectivity index (χ1n) is 12.5. The Hall–Kier alpha value is -4.10. The monoisotopic (exact) mass is 475 g/mol. The molecule has 3 aromatic heterocycles. The zero-order valence-electron chi connectivity index (χ0n) is 20.2. The van der Waals surface area contributed by atoms with Crippen molar-refractivity contribution in [3.63, 3.8) is 0 Å². The fourth-order valence-electron chi connectivity index (χ4n) is 4.86. The van der Waals surface area contributed by atoms with Gasteiger partial charge in [-0.2, -0.15) is 5.10 Å². The molecule has 0 unspecified atom stereocenters. The lowest BCUT2D eigenvalue weighted by molar-refractivity contribution is 0.282. The highest BCUT2D eigenvalue weighted by atomic mass is 15.3. The molecule has 1 aliphatic heterocycles. The van der Waals surface area contributed by atoms with Crippen LogP contribution in [0.25, 0.3) is 16.7 Å². The molecule has 4 heterocycles. The zero-order valence-corrected chi connectivity index (χ0v) is 20.2. The summed E-state index contributed by atoms with van der Waals surface area (Å²) in [5.74, 6) is 1.80. The molecule has 180 valence electrons. The van der Waals surface area contributed by atoms with Crippen LogP contribution in [0.4, 0.5) is 5.82 Å². The minimum Gasteiger partial charge on any atom is -0.355 e. The number of hydrogen-bond acceptors (Lipinski definition) is 6. The maximum absolute atomic E-state index is 5.11. The van der Waals surface area contributed by atoms with Gasteiger partial charge >= 0.3 is 0 Å². The summed E-state index contributed by atoms with van der Waals surface area (Å²) >= 11 is 0. The van der Waals surface area contributed by atoms with E-state index in [1.54, 1.807) is 0 Å². The number of para-hydroxylation sites is 1. The molecular weight excluding hydrogens is 446 g/mol.